The minimum Gasteiger partial charge on any atom is -0.367 e. The fraction of sp³-hybridized carbons (Fsp3) is 0.250. The van der Waals surface area contributed by atoms with Crippen LogP contribution in [-0.4, -0.2) is 16.7 Å². The molecule has 1 aromatic carbocycles. The van der Waals surface area contributed by atoms with E-state index in [0.717, 1.165) is 23.1 Å². The SMILES string of the molecule is CC(C)(CNc1nncc2ccccc12)c1cccs1. The lowest BCUT2D eigenvalue weighted by molar-refractivity contribution is 0.568. The van der Waals surface area contributed by atoms with Gasteiger partial charge in [-0.25, -0.2) is 0 Å². The zero-order chi connectivity index (χ0) is 14.0. The Bertz CT molecular complexity index is 699. The molecule has 0 aliphatic heterocycles. The number of hydrogen-bond acceptors (Lipinski definition) is 4. The third-order valence-electron chi connectivity index (χ3n) is 3.46. The summed E-state index contributed by atoms with van der Waals surface area (Å²) in [6, 6.07) is 12.5. The Morgan fingerprint density at radius 1 is 1.15 bits per heavy atom. The highest BCUT2D eigenvalue weighted by atomic mass is 32.1. The first-order valence-electron chi connectivity index (χ1n) is 6.65. The van der Waals surface area contributed by atoms with Gasteiger partial charge in [-0.3, -0.25) is 0 Å². The molecule has 3 aromatic rings. The molecule has 0 unspecified atom stereocenters. The number of hydrogen-bond donors (Lipinski definition) is 1. The maximum absolute atomic E-state index is 4.23. The summed E-state index contributed by atoms with van der Waals surface area (Å²) in [6.07, 6.45) is 1.80. The van der Waals surface area contributed by atoms with E-state index in [1.807, 2.05) is 12.1 Å². The molecule has 4 heteroatoms. The van der Waals surface area contributed by atoms with E-state index in [0.29, 0.717) is 0 Å². The van der Waals surface area contributed by atoms with Crippen LogP contribution in [0.5, 0.6) is 0 Å². The molecule has 0 spiro atoms. The Morgan fingerprint density at radius 2 is 2.00 bits per heavy atom. The monoisotopic (exact) mass is 283 g/mol. The summed E-state index contributed by atoms with van der Waals surface area (Å²) in [7, 11) is 0. The van der Waals surface area contributed by atoms with Crippen LogP contribution in [-0.2, 0) is 5.41 Å². The Morgan fingerprint density at radius 3 is 2.80 bits per heavy atom. The quantitative estimate of drug-likeness (QED) is 0.784. The lowest BCUT2D eigenvalue weighted by atomic mass is 9.91. The van der Waals surface area contributed by atoms with Crippen LogP contribution in [0.15, 0.2) is 48.0 Å². The Kier molecular flexibility index (Phi) is 3.40. The van der Waals surface area contributed by atoms with E-state index >= 15 is 0 Å². The number of aromatic nitrogens is 2. The van der Waals surface area contributed by atoms with E-state index in [1.54, 1.807) is 17.5 Å². The van der Waals surface area contributed by atoms with Crippen LogP contribution in [0, 0.1) is 0 Å². The largest absolute Gasteiger partial charge is 0.367 e. The van der Waals surface area contributed by atoms with Gasteiger partial charge in [-0.2, -0.15) is 5.10 Å². The van der Waals surface area contributed by atoms with Crippen LogP contribution >= 0.6 is 11.3 Å². The van der Waals surface area contributed by atoms with E-state index in [2.05, 4.69) is 59.0 Å². The molecule has 0 fully saturated rings. The number of nitrogens with zero attached hydrogens (tertiary/aromatic N) is 2. The summed E-state index contributed by atoms with van der Waals surface area (Å²) in [6.45, 7) is 5.31. The van der Waals surface area contributed by atoms with Gasteiger partial charge in [0.1, 0.15) is 0 Å². The molecule has 0 atom stereocenters. The lowest BCUT2D eigenvalue weighted by Crippen LogP contribution is -2.27. The smallest absolute Gasteiger partial charge is 0.156 e. The fourth-order valence-electron chi connectivity index (χ4n) is 2.21. The van der Waals surface area contributed by atoms with Crippen LogP contribution in [0.1, 0.15) is 18.7 Å². The molecule has 0 bridgehead atoms. The van der Waals surface area contributed by atoms with Crippen molar-refractivity contribution in [1.82, 2.24) is 10.2 Å². The average molecular weight is 283 g/mol. The van der Waals surface area contributed by atoms with Crippen LogP contribution < -0.4 is 5.32 Å². The van der Waals surface area contributed by atoms with E-state index in [-0.39, 0.29) is 5.41 Å². The van der Waals surface area contributed by atoms with Crippen molar-refractivity contribution in [2.45, 2.75) is 19.3 Å². The minimum absolute atomic E-state index is 0.0762. The van der Waals surface area contributed by atoms with Crippen LogP contribution in [0.25, 0.3) is 10.8 Å². The molecule has 3 rings (SSSR count). The maximum atomic E-state index is 4.23. The van der Waals surface area contributed by atoms with E-state index in [4.69, 9.17) is 0 Å². The molecule has 0 saturated carbocycles. The summed E-state index contributed by atoms with van der Waals surface area (Å²) >= 11 is 1.79. The Balaban J connectivity index is 1.84. The fourth-order valence-corrected chi connectivity index (χ4v) is 3.07. The summed E-state index contributed by atoms with van der Waals surface area (Å²) in [4.78, 5) is 1.37. The highest BCUT2D eigenvalue weighted by Gasteiger charge is 2.21. The van der Waals surface area contributed by atoms with Crippen LogP contribution in [0.2, 0.25) is 0 Å². The first-order chi connectivity index (χ1) is 9.67. The summed E-state index contributed by atoms with van der Waals surface area (Å²) in [5.74, 6) is 0.854. The van der Waals surface area contributed by atoms with Crippen LogP contribution in [0.4, 0.5) is 5.82 Å². The van der Waals surface area contributed by atoms with Gasteiger partial charge in [-0.15, -0.1) is 16.4 Å². The third kappa shape index (κ3) is 2.51. The molecule has 0 aliphatic rings. The molecule has 102 valence electrons. The lowest BCUT2D eigenvalue weighted by Gasteiger charge is -2.24. The van der Waals surface area contributed by atoms with Gasteiger partial charge in [0, 0.05) is 27.6 Å². The average Bonchev–Trinajstić information content (AvgIpc) is 3.00. The van der Waals surface area contributed by atoms with Crippen molar-refractivity contribution in [3.8, 4) is 0 Å². The number of fused-ring (bicyclic) bond motifs is 1. The van der Waals surface area contributed by atoms with Gasteiger partial charge in [-0.1, -0.05) is 44.2 Å². The molecule has 0 radical (unpaired) electrons. The second kappa shape index (κ2) is 5.21. The second-order valence-electron chi connectivity index (χ2n) is 5.50. The zero-order valence-corrected chi connectivity index (χ0v) is 12.4. The molecule has 1 N–H and O–H groups in total. The molecular weight excluding hydrogens is 266 g/mol. The summed E-state index contributed by atoms with van der Waals surface area (Å²) in [5.41, 5.74) is 0.0762. The molecular formula is C16H17N3S. The van der Waals surface area contributed by atoms with Crippen molar-refractivity contribution in [3.05, 3.63) is 52.9 Å². The molecule has 2 heterocycles. The first-order valence-corrected chi connectivity index (χ1v) is 7.53. The van der Waals surface area contributed by atoms with E-state index in [9.17, 15) is 0 Å². The predicted octanol–water partition coefficient (Wildman–Crippen LogP) is 4.08. The topological polar surface area (TPSA) is 37.8 Å². The van der Waals surface area contributed by atoms with E-state index in [1.165, 1.54) is 4.88 Å². The highest BCUT2D eigenvalue weighted by Crippen LogP contribution is 2.28. The van der Waals surface area contributed by atoms with Crippen molar-refractivity contribution in [1.29, 1.82) is 0 Å². The predicted molar refractivity (Wildman–Crippen MR) is 85.4 cm³/mol. The van der Waals surface area contributed by atoms with Crippen molar-refractivity contribution in [2.75, 3.05) is 11.9 Å². The Hall–Kier alpha value is -1.94. The van der Waals surface area contributed by atoms with Crippen molar-refractivity contribution >= 4 is 27.9 Å². The van der Waals surface area contributed by atoms with Gasteiger partial charge < -0.3 is 5.32 Å². The van der Waals surface area contributed by atoms with Gasteiger partial charge in [0.25, 0.3) is 0 Å². The maximum Gasteiger partial charge on any atom is 0.156 e. The number of thiophene rings is 1. The first kappa shape index (κ1) is 13.1. The summed E-state index contributed by atoms with van der Waals surface area (Å²) in [5, 5.41) is 16.1. The summed E-state index contributed by atoms with van der Waals surface area (Å²) < 4.78 is 0. The molecule has 3 nitrogen and oxygen atoms in total. The molecule has 0 amide bonds. The molecule has 2 aromatic heterocycles. The molecule has 20 heavy (non-hydrogen) atoms. The van der Waals surface area contributed by atoms with Gasteiger partial charge >= 0.3 is 0 Å². The Labute approximate surface area is 122 Å². The molecule has 0 saturated heterocycles. The second-order valence-corrected chi connectivity index (χ2v) is 6.44. The van der Waals surface area contributed by atoms with Gasteiger partial charge in [0.05, 0.1) is 6.20 Å². The number of nitrogens with one attached hydrogen (secondary N) is 1. The standard InChI is InChI=1S/C16H17N3S/c1-16(2,14-8-5-9-20-14)11-17-15-13-7-4-3-6-12(13)10-18-19-15/h3-10H,11H2,1-2H3,(H,17,19). The normalized spacial score (nSPS) is 11.7. The van der Waals surface area contributed by atoms with Crippen molar-refractivity contribution < 1.29 is 0 Å². The highest BCUT2D eigenvalue weighted by molar-refractivity contribution is 7.10. The number of rotatable bonds is 4. The third-order valence-corrected chi connectivity index (χ3v) is 4.69. The zero-order valence-electron chi connectivity index (χ0n) is 11.6. The van der Waals surface area contributed by atoms with Gasteiger partial charge in [0.15, 0.2) is 5.82 Å². The van der Waals surface area contributed by atoms with E-state index < -0.39 is 0 Å². The van der Waals surface area contributed by atoms with Crippen molar-refractivity contribution in [3.63, 3.8) is 0 Å². The minimum atomic E-state index is 0.0762. The number of benzene rings is 1. The van der Waals surface area contributed by atoms with Gasteiger partial charge in [0.2, 0.25) is 0 Å². The molecule has 0 aliphatic carbocycles. The number of anilines is 1. The van der Waals surface area contributed by atoms with Crippen LogP contribution in [0.3, 0.4) is 0 Å². The van der Waals surface area contributed by atoms with Crippen molar-refractivity contribution in [2.24, 2.45) is 0 Å². The van der Waals surface area contributed by atoms with Gasteiger partial charge in [-0.05, 0) is 11.4 Å².